The van der Waals surface area contributed by atoms with Crippen LogP contribution in [0, 0.1) is 0 Å². The number of hydrogen-bond acceptors (Lipinski definition) is 4. The summed E-state index contributed by atoms with van der Waals surface area (Å²) in [6, 6.07) is 16.4. The van der Waals surface area contributed by atoms with Gasteiger partial charge < -0.3 is 19.7 Å². The first-order valence-electron chi connectivity index (χ1n) is 9.10. The summed E-state index contributed by atoms with van der Waals surface area (Å²) in [5.74, 6) is 0.530. The summed E-state index contributed by atoms with van der Waals surface area (Å²) in [6.45, 7) is 3.93. The van der Waals surface area contributed by atoms with Gasteiger partial charge in [0.25, 0.3) is 5.91 Å². The highest BCUT2D eigenvalue weighted by molar-refractivity contribution is 5.97. The van der Waals surface area contributed by atoms with Gasteiger partial charge in [-0.25, -0.2) is 0 Å². The van der Waals surface area contributed by atoms with Crippen molar-refractivity contribution in [2.24, 2.45) is 0 Å². The number of carbonyl (C=O) groups excluding carboxylic acids is 2. The molecule has 1 unspecified atom stereocenters. The van der Waals surface area contributed by atoms with Crippen LogP contribution in [0.2, 0.25) is 0 Å². The molecule has 0 radical (unpaired) electrons. The Hall–Kier alpha value is -2.86. The summed E-state index contributed by atoms with van der Waals surface area (Å²) in [4.78, 5) is 26.7. The van der Waals surface area contributed by atoms with Crippen LogP contribution in [0.3, 0.4) is 0 Å². The second-order valence-electron chi connectivity index (χ2n) is 6.46. The molecule has 0 bridgehead atoms. The molecule has 142 valence electrons. The minimum absolute atomic E-state index is 0.0413. The molecule has 0 aromatic heterocycles. The zero-order chi connectivity index (χ0) is 19.1. The molecule has 1 aliphatic rings. The van der Waals surface area contributed by atoms with E-state index in [9.17, 15) is 9.59 Å². The van der Waals surface area contributed by atoms with Gasteiger partial charge in [-0.2, -0.15) is 0 Å². The maximum absolute atomic E-state index is 12.7. The first-order valence-corrected chi connectivity index (χ1v) is 9.10. The van der Waals surface area contributed by atoms with Crippen LogP contribution in [-0.4, -0.2) is 49.1 Å². The minimum atomic E-state index is -0.157. The van der Waals surface area contributed by atoms with Crippen molar-refractivity contribution >= 4 is 17.5 Å². The minimum Gasteiger partial charge on any atom is -0.493 e. The number of benzene rings is 2. The van der Waals surface area contributed by atoms with Crippen molar-refractivity contribution in [2.75, 3.05) is 31.7 Å². The summed E-state index contributed by atoms with van der Waals surface area (Å²) < 4.78 is 10.9. The SMILES string of the molecule is CC1COCCN1C(=O)c1cccc(NC(=O)CCOc2ccccc2)c1. The topological polar surface area (TPSA) is 67.9 Å². The molecule has 0 spiro atoms. The molecule has 3 rings (SSSR count). The van der Waals surface area contributed by atoms with Crippen LogP contribution in [0.5, 0.6) is 5.75 Å². The molecule has 0 aliphatic carbocycles. The van der Waals surface area contributed by atoms with E-state index in [0.717, 1.165) is 5.75 Å². The lowest BCUT2D eigenvalue weighted by atomic mass is 10.1. The molecule has 1 saturated heterocycles. The van der Waals surface area contributed by atoms with Gasteiger partial charge in [0.15, 0.2) is 0 Å². The van der Waals surface area contributed by atoms with Crippen molar-refractivity contribution in [3.8, 4) is 5.75 Å². The van der Waals surface area contributed by atoms with E-state index in [1.807, 2.05) is 37.3 Å². The van der Waals surface area contributed by atoms with Crippen LogP contribution < -0.4 is 10.1 Å². The summed E-state index contributed by atoms with van der Waals surface area (Å²) in [5, 5.41) is 2.82. The monoisotopic (exact) mass is 368 g/mol. The van der Waals surface area contributed by atoms with Gasteiger partial charge in [-0.15, -0.1) is 0 Å². The predicted molar refractivity (Wildman–Crippen MR) is 103 cm³/mol. The van der Waals surface area contributed by atoms with Crippen LogP contribution in [0.4, 0.5) is 5.69 Å². The predicted octanol–water partition coefficient (Wildman–Crippen LogP) is 2.96. The lowest BCUT2D eigenvalue weighted by Gasteiger charge is -2.33. The van der Waals surface area contributed by atoms with Gasteiger partial charge in [0.05, 0.1) is 32.3 Å². The third-order valence-corrected chi connectivity index (χ3v) is 4.36. The first kappa shape index (κ1) is 18.9. The maximum atomic E-state index is 12.7. The van der Waals surface area contributed by atoms with Crippen LogP contribution >= 0.6 is 0 Å². The summed E-state index contributed by atoms with van der Waals surface area (Å²) in [6.07, 6.45) is 0.230. The van der Waals surface area contributed by atoms with Crippen molar-refractivity contribution in [1.29, 1.82) is 0 Å². The Bertz CT molecular complexity index is 779. The second kappa shape index (κ2) is 9.19. The number of carbonyl (C=O) groups is 2. The Labute approximate surface area is 159 Å². The van der Waals surface area contributed by atoms with E-state index in [4.69, 9.17) is 9.47 Å². The van der Waals surface area contributed by atoms with Gasteiger partial charge in [0.1, 0.15) is 5.75 Å². The molecule has 6 heteroatoms. The molecule has 2 amide bonds. The fourth-order valence-corrected chi connectivity index (χ4v) is 2.93. The van der Waals surface area contributed by atoms with E-state index >= 15 is 0 Å². The van der Waals surface area contributed by atoms with Crippen molar-refractivity contribution in [2.45, 2.75) is 19.4 Å². The Morgan fingerprint density at radius 2 is 2.00 bits per heavy atom. The number of morpholine rings is 1. The Morgan fingerprint density at radius 3 is 2.78 bits per heavy atom. The second-order valence-corrected chi connectivity index (χ2v) is 6.46. The summed E-state index contributed by atoms with van der Waals surface area (Å²) in [7, 11) is 0. The van der Waals surface area contributed by atoms with E-state index in [1.54, 1.807) is 29.2 Å². The van der Waals surface area contributed by atoms with E-state index in [-0.39, 0.29) is 24.3 Å². The average Bonchev–Trinajstić information content (AvgIpc) is 2.69. The highest BCUT2D eigenvalue weighted by atomic mass is 16.5. The van der Waals surface area contributed by atoms with Crippen molar-refractivity contribution in [3.05, 3.63) is 60.2 Å². The largest absolute Gasteiger partial charge is 0.493 e. The Kier molecular flexibility index (Phi) is 6.44. The number of rotatable bonds is 6. The van der Waals surface area contributed by atoms with E-state index in [0.29, 0.717) is 37.6 Å². The number of amides is 2. The molecule has 1 N–H and O–H groups in total. The third kappa shape index (κ3) is 5.31. The summed E-state index contributed by atoms with van der Waals surface area (Å²) >= 11 is 0. The number of hydrogen-bond donors (Lipinski definition) is 1. The third-order valence-electron chi connectivity index (χ3n) is 4.36. The highest BCUT2D eigenvalue weighted by Crippen LogP contribution is 2.16. The fraction of sp³-hybridized carbons (Fsp3) is 0.333. The van der Waals surface area contributed by atoms with Gasteiger partial charge in [-0.3, -0.25) is 9.59 Å². The van der Waals surface area contributed by atoms with Gasteiger partial charge >= 0.3 is 0 Å². The van der Waals surface area contributed by atoms with Gasteiger partial charge in [-0.1, -0.05) is 24.3 Å². The Balaban J connectivity index is 1.53. The smallest absolute Gasteiger partial charge is 0.254 e. The van der Waals surface area contributed by atoms with Gasteiger partial charge in [0.2, 0.25) is 5.91 Å². The summed E-state index contributed by atoms with van der Waals surface area (Å²) in [5.41, 5.74) is 1.16. The van der Waals surface area contributed by atoms with Crippen LogP contribution in [0.15, 0.2) is 54.6 Å². The normalized spacial score (nSPS) is 16.6. The zero-order valence-corrected chi connectivity index (χ0v) is 15.4. The van der Waals surface area contributed by atoms with Crippen molar-refractivity contribution < 1.29 is 19.1 Å². The molecule has 27 heavy (non-hydrogen) atoms. The van der Waals surface area contributed by atoms with Crippen LogP contribution in [-0.2, 0) is 9.53 Å². The first-order chi connectivity index (χ1) is 13.1. The molecule has 1 atom stereocenters. The fourth-order valence-electron chi connectivity index (χ4n) is 2.93. The van der Waals surface area contributed by atoms with Crippen LogP contribution in [0.25, 0.3) is 0 Å². The number of para-hydroxylation sites is 1. The molecule has 0 saturated carbocycles. The molecular weight excluding hydrogens is 344 g/mol. The van der Waals surface area contributed by atoms with E-state index in [2.05, 4.69) is 5.32 Å². The van der Waals surface area contributed by atoms with Gasteiger partial charge in [0, 0.05) is 17.8 Å². The van der Waals surface area contributed by atoms with E-state index in [1.165, 1.54) is 0 Å². The maximum Gasteiger partial charge on any atom is 0.254 e. The van der Waals surface area contributed by atoms with E-state index < -0.39 is 0 Å². The molecule has 2 aromatic rings. The van der Waals surface area contributed by atoms with Gasteiger partial charge in [-0.05, 0) is 37.3 Å². The molecular formula is C21H24N2O4. The number of anilines is 1. The van der Waals surface area contributed by atoms with Crippen LogP contribution in [0.1, 0.15) is 23.7 Å². The molecule has 1 heterocycles. The lowest BCUT2D eigenvalue weighted by molar-refractivity contribution is -0.116. The van der Waals surface area contributed by atoms with Crippen molar-refractivity contribution in [3.63, 3.8) is 0 Å². The molecule has 2 aromatic carbocycles. The Morgan fingerprint density at radius 1 is 1.19 bits per heavy atom. The molecule has 1 aliphatic heterocycles. The highest BCUT2D eigenvalue weighted by Gasteiger charge is 2.24. The number of nitrogens with one attached hydrogen (secondary N) is 1. The standard InChI is InChI=1S/C21H24N2O4/c1-16-15-26-13-11-23(16)21(25)17-6-5-7-18(14-17)22-20(24)10-12-27-19-8-3-2-4-9-19/h2-9,14,16H,10-13,15H2,1H3,(H,22,24). The quantitative estimate of drug-likeness (QED) is 0.851. The molecule has 1 fully saturated rings. The lowest BCUT2D eigenvalue weighted by Crippen LogP contribution is -2.47. The average molecular weight is 368 g/mol. The number of ether oxygens (including phenoxy) is 2. The zero-order valence-electron chi connectivity index (χ0n) is 15.4. The number of nitrogens with zero attached hydrogens (tertiary/aromatic N) is 1. The molecule has 6 nitrogen and oxygen atoms in total. The van der Waals surface area contributed by atoms with Crippen molar-refractivity contribution in [1.82, 2.24) is 4.90 Å².